The van der Waals surface area contributed by atoms with Crippen molar-refractivity contribution >= 4 is 27.5 Å². The van der Waals surface area contributed by atoms with Gasteiger partial charge in [-0.25, -0.2) is 8.42 Å². The molecule has 1 unspecified atom stereocenters. The molecule has 8 nitrogen and oxygen atoms in total. The number of sulfonamides is 1. The van der Waals surface area contributed by atoms with Crippen LogP contribution in [0.2, 0.25) is 0 Å². The molecule has 0 N–H and O–H groups in total. The Kier molecular flexibility index (Phi) is 5.63. The van der Waals surface area contributed by atoms with Gasteiger partial charge >= 0.3 is 0 Å². The van der Waals surface area contributed by atoms with E-state index in [1.165, 1.54) is 11.2 Å². The first-order valence-electron chi connectivity index (χ1n) is 10.2. The van der Waals surface area contributed by atoms with Crippen LogP contribution in [0.3, 0.4) is 0 Å². The molecule has 3 aliphatic rings. The molecule has 0 radical (unpaired) electrons. The van der Waals surface area contributed by atoms with E-state index in [0.717, 1.165) is 24.1 Å². The van der Waals surface area contributed by atoms with Crippen molar-refractivity contribution in [3.63, 3.8) is 0 Å². The van der Waals surface area contributed by atoms with Gasteiger partial charge in [0.05, 0.1) is 18.1 Å². The average Bonchev–Trinajstić information content (AvgIpc) is 3.23. The molecule has 0 saturated carbocycles. The lowest BCUT2D eigenvalue weighted by molar-refractivity contribution is -0.138. The molecule has 2 fully saturated rings. The Bertz CT molecular complexity index is 911. The van der Waals surface area contributed by atoms with Crippen molar-refractivity contribution in [1.29, 1.82) is 0 Å². The van der Waals surface area contributed by atoms with Crippen LogP contribution in [-0.4, -0.2) is 74.9 Å². The van der Waals surface area contributed by atoms with Crippen molar-refractivity contribution in [3.05, 3.63) is 23.8 Å². The molecule has 2 saturated heterocycles. The standard InChI is InChI=1S/C20H27N3O5S/c1-15(24)22-8-2-4-16-14-17(6-7-18(16)22)29(26,27)23-9-3-5-19(23)20(25)21-10-12-28-13-11-21/h6-7,14,19H,2-5,8-13H2,1H3. The van der Waals surface area contributed by atoms with Crippen LogP contribution < -0.4 is 4.90 Å². The van der Waals surface area contributed by atoms with Crippen LogP contribution in [0, 0.1) is 0 Å². The molecular formula is C20H27N3O5S. The minimum absolute atomic E-state index is 0.0442. The normalized spacial score (nSPS) is 23.1. The van der Waals surface area contributed by atoms with Gasteiger partial charge in [0.25, 0.3) is 0 Å². The fourth-order valence-corrected chi connectivity index (χ4v) is 6.17. The number of benzene rings is 1. The number of morpholine rings is 1. The zero-order chi connectivity index (χ0) is 20.6. The van der Waals surface area contributed by atoms with Gasteiger partial charge < -0.3 is 14.5 Å². The van der Waals surface area contributed by atoms with Gasteiger partial charge in [-0.3, -0.25) is 9.59 Å². The summed E-state index contributed by atoms with van der Waals surface area (Å²) in [6, 6.07) is 4.30. The highest BCUT2D eigenvalue weighted by Gasteiger charge is 2.41. The molecular weight excluding hydrogens is 394 g/mol. The second-order valence-electron chi connectivity index (χ2n) is 7.78. The molecule has 0 spiro atoms. The lowest BCUT2D eigenvalue weighted by Gasteiger charge is -2.32. The Morgan fingerprint density at radius 3 is 2.55 bits per heavy atom. The molecule has 4 rings (SSSR count). The number of aryl methyl sites for hydroxylation is 1. The van der Waals surface area contributed by atoms with Gasteiger partial charge in [0, 0.05) is 38.8 Å². The SMILES string of the molecule is CC(=O)N1CCCc2cc(S(=O)(=O)N3CCCC3C(=O)N3CCOCC3)ccc21. The lowest BCUT2D eigenvalue weighted by Crippen LogP contribution is -2.51. The molecule has 1 atom stereocenters. The topological polar surface area (TPSA) is 87.2 Å². The lowest BCUT2D eigenvalue weighted by atomic mass is 10.0. The fourth-order valence-electron chi connectivity index (χ4n) is 4.47. The van der Waals surface area contributed by atoms with Gasteiger partial charge in [-0.1, -0.05) is 0 Å². The Morgan fingerprint density at radius 2 is 1.83 bits per heavy atom. The third-order valence-electron chi connectivity index (χ3n) is 5.97. The zero-order valence-electron chi connectivity index (χ0n) is 16.7. The summed E-state index contributed by atoms with van der Waals surface area (Å²) in [5.74, 6) is -0.174. The average molecular weight is 422 g/mol. The van der Waals surface area contributed by atoms with Gasteiger partial charge in [0.15, 0.2) is 0 Å². The first-order chi connectivity index (χ1) is 13.9. The quantitative estimate of drug-likeness (QED) is 0.727. The van der Waals surface area contributed by atoms with Crippen molar-refractivity contribution in [2.24, 2.45) is 0 Å². The van der Waals surface area contributed by atoms with Crippen molar-refractivity contribution in [1.82, 2.24) is 9.21 Å². The minimum atomic E-state index is -3.79. The second kappa shape index (κ2) is 8.04. The molecule has 3 aliphatic heterocycles. The summed E-state index contributed by atoms with van der Waals surface area (Å²) in [6.45, 7) is 4.50. The van der Waals surface area contributed by atoms with E-state index in [4.69, 9.17) is 4.74 Å². The van der Waals surface area contributed by atoms with Gasteiger partial charge in [0.1, 0.15) is 6.04 Å². The minimum Gasteiger partial charge on any atom is -0.378 e. The van der Waals surface area contributed by atoms with E-state index in [1.54, 1.807) is 28.0 Å². The maximum absolute atomic E-state index is 13.4. The monoisotopic (exact) mass is 421 g/mol. The highest BCUT2D eigenvalue weighted by Crippen LogP contribution is 2.33. The van der Waals surface area contributed by atoms with Crippen LogP contribution in [-0.2, 0) is 30.8 Å². The first kappa shape index (κ1) is 20.3. The van der Waals surface area contributed by atoms with Crippen molar-refractivity contribution in [2.75, 3.05) is 44.3 Å². The Labute approximate surface area is 171 Å². The number of rotatable bonds is 3. The molecule has 1 aromatic rings. The third kappa shape index (κ3) is 3.78. The van der Waals surface area contributed by atoms with E-state index >= 15 is 0 Å². The maximum atomic E-state index is 13.4. The molecule has 1 aromatic carbocycles. The summed E-state index contributed by atoms with van der Waals surface area (Å²) < 4.78 is 33.4. The van der Waals surface area contributed by atoms with Crippen LogP contribution in [0.1, 0.15) is 31.7 Å². The molecule has 158 valence electrons. The summed E-state index contributed by atoms with van der Waals surface area (Å²) in [4.78, 5) is 28.4. The van der Waals surface area contributed by atoms with Gasteiger partial charge in [-0.2, -0.15) is 4.31 Å². The predicted octanol–water partition coefficient (Wildman–Crippen LogP) is 0.998. The molecule has 9 heteroatoms. The Hall–Kier alpha value is -1.97. The summed E-state index contributed by atoms with van der Waals surface area (Å²) in [5.41, 5.74) is 1.65. The van der Waals surface area contributed by atoms with Gasteiger partial charge in [-0.05, 0) is 49.4 Å². The summed E-state index contributed by atoms with van der Waals surface area (Å²) in [5, 5.41) is 0. The first-order valence-corrected chi connectivity index (χ1v) is 11.6. The number of carbonyl (C=O) groups excluding carboxylic acids is 2. The number of hydrogen-bond acceptors (Lipinski definition) is 5. The van der Waals surface area contributed by atoms with Crippen molar-refractivity contribution in [2.45, 2.75) is 43.5 Å². The fraction of sp³-hybridized carbons (Fsp3) is 0.600. The van der Waals surface area contributed by atoms with E-state index in [2.05, 4.69) is 0 Å². The molecule has 29 heavy (non-hydrogen) atoms. The van der Waals surface area contributed by atoms with E-state index in [1.807, 2.05) is 0 Å². The number of nitrogens with zero attached hydrogens (tertiary/aromatic N) is 3. The predicted molar refractivity (Wildman–Crippen MR) is 107 cm³/mol. The number of hydrogen-bond donors (Lipinski definition) is 0. The highest BCUT2D eigenvalue weighted by molar-refractivity contribution is 7.89. The molecule has 0 bridgehead atoms. The largest absolute Gasteiger partial charge is 0.378 e. The zero-order valence-corrected chi connectivity index (χ0v) is 17.5. The van der Waals surface area contributed by atoms with Crippen LogP contribution in [0.15, 0.2) is 23.1 Å². The molecule has 0 aliphatic carbocycles. The molecule has 3 heterocycles. The summed E-state index contributed by atoms with van der Waals surface area (Å²) in [7, 11) is -3.79. The number of amides is 2. The van der Waals surface area contributed by atoms with E-state index < -0.39 is 16.1 Å². The van der Waals surface area contributed by atoms with Gasteiger partial charge in [-0.15, -0.1) is 0 Å². The Balaban J connectivity index is 1.60. The van der Waals surface area contributed by atoms with E-state index in [9.17, 15) is 18.0 Å². The number of fused-ring (bicyclic) bond motifs is 1. The third-order valence-corrected chi connectivity index (χ3v) is 7.87. The van der Waals surface area contributed by atoms with Gasteiger partial charge in [0.2, 0.25) is 21.8 Å². The summed E-state index contributed by atoms with van der Waals surface area (Å²) >= 11 is 0. The molecule has 0 aromatic heterocycles. The van der Waals surface area contributed by atoms with E-state index in [0.29, 0.717) is 52.2 Å². The van der Waals surface area contributed by atoms with Crippen molar-refractivity contribution in [3.8, 4) is 0 Å². The van der Waals surface area contributed by atoms with Crippen molar-refractivity contribution < 1.29 is 22.7 Å². The smallest absolute Gasteiger partial charge is 0.243 e. The Morgan fingerprint density at radius 1 is 1.07 bits per heavy atom. The number of ether oxygens (including phenoxy) is 1. The molecule has 2 amide bonds. The van der Waals surface area contributed by atoms with Crippen LogP contribution in [0.25, 0.3) is 0 Å². The number of carbonyl (C=O) groups is 2. The van der Waals surface area contributed by atoms with Crippen LogP contribution in [0.5, 0.6) is 0 Å². The van der Waals surface area contributed by atoms with Crippen LogP contribution in [0.4, 0.5) is 5.69 Å². The second-order valence-corrected chi connectivity index (χ2v) is 9.67. The van der Waals surface area contributed by atoms with Crippen LogP contribution >= 0.6 is 0 Å². The maximum Gasteiger partial charge on any atom is 0.243 e. The highest BCUT2D eigenvalue weighted by atomic mass is 32.2. The summed E-state index contributed by atoms with van der Waals surface area (Å²) in [6.07, 6.45) is 2.75. The number of anilines is 1. The van der Waals surface area contributed by atoms with E-state index in [-0.39, 0.29) is 16.7 Å².